The summed E-state index contributed by atoms with van der Waals surface area (Å²) in [7, 11) is 1.53. The lowest BCUT2D eigenvalue weighted by atomic mass is 9.85. The minimum atomic E-state index is -0.939. The van der Waals surface area contributed by atoms with Crippen molar-refractivity contribution in [2.45, 2.75) is 19.3 Å². The van der Waals surface area contributed by atoms with Gasteiger partial charge in [0.25, 0.3) is 0 Å². The van der Waals surface area contributed by atoms with Crippen molar-refractivity contribution in [2.24, 2.45) is 0 Å². The van der Waals surface area contributed by atoms with E-state index in [1.165, 1.54) is 7.05 Å². The van der Waals surface area contributed by atoms with Crippen molar-refractivity contribution in [3.63, 3.8) is 0 Å². The molecule has 0 aliphatic rings. The molecule has 0 aliphatic carbocycles. The Labute approximate surface area is 99.8 Å². The molecule has 0 aliphatic heterocycles. The lowest BCUT2D eigenvalue weighted by Gasteiger charge is -2.19. The predicted octanol–water partition coefficient (Wildman–Crippen LogP) is 1.80. The van der Waals surface area contributed by atoms with Crippen molar-refractivity contribution in [3.8, 4) is 0 Å². The molecule has 5 heteroatoms. The van der Waals surface area contributed by atoms with Crippen LogP contribution in [0.1, 0.15) is 19.4 Å². The standard InChI is InChI=1S/C12H16N2O3/c1-12(2,10(15)16)8-4-6-9(7-5-8)14-11(17)13-3/h4-7H,1-3H3,(H,15,16)(H2,13,14,17). The van der Waals surface area contributed by atoms with E-state index < -0.39 is 11.4 Å². The zero-order valence-electron chi connectivity index (χ0n) is 10.1. The van der Waals surface area contributed by atoms with E-state index in [0.717, 1.165) is 0 Å². The molecule has 0 heterocycles. The van der Waals surface area contributed by atoms with Gasteiger partial charge >= 0.3 is 12.0 Å². The Morgan fingerprint density at radius 2 is 1.71 bits per heavy atom. The first-order valence-corrected chi connectivity index (χ1v) is 5.20. The number of aliphatic carboxylic acids is 1. The van der Waals surface area contributed by atoms with Crippen molar-refractivity contribution < 1.29 is 14.7 Å². The Hall–Kier alpha value is -2.04. The van der Waals surface area contributed by atoms with Gasteiger partial charge in [-0.05, 0) is 31.5 Å². The first-order valence-electron chi connectivity index (χ1n) is 5.20. The van der Waals surface area contributed by atoms with Crippen LogP contribution in [-0.2, 0) is 10.2 Å². The largest absolute Gasteiger partial charge is 0.481 e. The molecule has 92 valence electrons. The summed E-state index contributed by atoms with van der Waals surface area (Å²) in [5.74, 6) is -0.885. The maximum absolute atomic E-state index is 11.1. The number of carboxylic acid groups (broad SMARTS) is 1. The molecule has 1 aromatic rings. The van der Waals surface area contributed by atoms with Gasteiger partial charge in [0, 0.05) is 12.7 Å². The molecular weight excluding hydrogens is 220 g/mol. The van der Waals surface area contributed by atoms with E-state index in [4.69, 9.17) is 5.11 Å². The second-order valence-corrected chi connectivity index (χ2v) is 4.21. The number of benzene rings is 1. The second-order valence-electron chi connectivity index (χ2n) is 4.21. The summed E-state index contributed by atoms with van der Waals surface area (Å²) in [5.41, 5.74) is 0.368. The van der Waals surface area contributed by atoms with Crippen molar-refractivity contribution in [3.05, 3.63) is 29.8 Å². The molecule has 0 aromatic heterocycles. The zero-order valence-corrected chi connectivity index (χ0v) is 10.1. The fourth-order valence-electron chi connectivity index (χ4n) is 1.29. The Morgan fingerprint density at radius 3 is 2.12 bits per heavy atom. The molecule has 17 heavy (non-hydrogen) atoms. The Morgan fingerprint density at radius 1 is 1.18 bits per heavy atom. The molecule has 5 nitrogen and oxygen atoms in total. The highest BCUT2D eigenvalue weighted by Crippen LogP contribution is 2.24. The summed E-state index contributed by atoms with van der Waals surface area (Å²) in [6, 6.07) is 6.43. The summed E-state index contributed by atoms with van der Waals surface area (Å²) in [4.78, 5) is 22.1. The summed E-state index contributed by atoms with van der Waals surface area (Å²) in [5, 5.41) is 14.1. The highest BCUT2D eigenvalue weighted by Gasteiger charge is 2.29. The first-order chi connectivity index (χ1) is 7.87. The van der Waals surface area contributed by atoms with Crippen molar-refractivity contribution >= 4 is 17.7 Å². The lowest BCUT2D eigenvalue weighted by Crippen LogP contribution is -2.28. The van der Waals surface area contributed by atoms with Crippen LogP contribution in [0.25, 0.3) is 0 Å². The van der Waals surface area contributed by atoms with Gasteiger partial charge in [-0.15, -0.1) is 0 Å². The number of anilines is 1. The highest BCUT2D eigenvalue weighted by atomic mass is 16.4. The van der Waals surface area contributed by atoms with Crippen LogP contribution in [0.4, 0.5) is 10.5 Å². The third kappa shape index (κ3) is 2.96. The number of hydrogen-bond acceptors (Lipinski definition) is 2. The summed E-state index contributed by atoms with van der Waals surface area (Å²) >= 11 is 0. The maximum Gasteiger partial charge on any atom is 0.318 e. The lowest BCUT2D eigenvalue weighted by molar-refractivity contribution is -0.142. The number of carboxylic acids is 1. The number of rotatable bonds is 3. The number of hydrogen-bond donors (Lipinski definition) is 3. The molecule has 0 saturated heterocycles. The number of nitrogens with one attached hydrogen (secondary N) is 2. The Bertz CT molecular complexity index is 424. The van der Waals surface area contributed by atoms with Gasteiger partial charge in [0.1, 0.15) is 0 Å². The maximum atomic E-state index is 11.1. The van der Waals surface area contributed by atoms with E-state index in [2.05, 4.69) is 10.6 Å². The molecule has 0 bridgehead atoms. The van der Waals surface area contributed by atoms with Crippen molar-refractivity contribution in [1.82, 2.24) is 5.32 Å². The first kappa shape index (κ1) is 13.0. The van der Waals surface area contributed by atoms with Crippen LogP contribution < -0.4 is 10.6 Å². The van der Waals surface area contributed by atoms with Crippen molar-refractivity contribution in [1.29, 1.82) is 0 Å². The molecule has 1 aromatic carbocycles. The van der Waals surface area contributed by atoms with E-state index in [0.29, 0.717) is 11.3 Å². The van der Waals surface area contributed by atoms with Crippen LogP contribution >= 0.6 is 0 Å². The molecule has 2 amide bonds. The van der Waals surface area contributed by atoms with E-state index in [-0.39, 0.29) is 6.03 Å². The van der Waals surface area contributed by atoms with Crippen molar-refractivity contribution in [2.75, 3.05) is 12.4 Å². The third-order valence-corrected chi connectivity index (χ3v) is 2.63. The average molecular weight is 236 g/mol. The Balaban J connectivity index is 2.88. The van der Waals surface area contributed by atoms with Crippen LogP contribution in [0.2, 0.25) is 0 Å². The van der Waals surface area contributed by atoms with Crippen LogP contribution in [-0.4, -0.2) is 24.2 Å². The fourth-order valence-corrected chi connectivity index (χ4v) is 1.29. The number of urea groups is 1. The fraction of sp³-hybridized carbons (Fsp3) is 0.333. The topological polar surface area (TPSA) is 78.4 Å². The number of amides is 2. The summed E-state index contributed by atoms with van der Waals surface area (Å²) in [6.45, 7) is 3.27. The molecule has 1 rings (SSSR count). The monoisotopic (exact) mass is 236 g/mol. The predicted molar refractivity (Wildman–Crippen MR) is 65.2 cm³/mol. The molecule has 0 spiro atoms. The summed E-state index contributed by atoms with van der Waals surface area (Å²) < 4.78 is 0. The molecule has 0 fully saturated rings. The minimum absolute atomic E-state index is 0.310. The van der Waals surface area contributed by atoms with E-state index in [1.54, 1.807) is 38.1 Å². The number of carbonyl (C=O) groups excluding carboxylic acids is 1. The van der Waals surface area contributed by atoms with Crippen LogP contribution in [0.15, 0.2) is 24.3 Å². The van der Waals surface area contributed by atoms with E-state index in [1.807, 2.05) is 0 Å². The molecular formula is C12H16N2O3. The van der Waals surface area contributed by atoms with Crippen LogP contribution in [0.5, 0.6) is 0 Å². The van der Waals surface area contributed by atoms with Gasteiger partial charge in [-0.2, -0.15) is 0 Å². The second kappa shape index (κ2) is 4.86. The normalized spacial score (nSPS) is 10.8. The zero-order chi connectivity index (χ0) is 13.1. The molecule has 0 radical (unpaired) electrons. The quantitative estimate of drug-likeness (QED) is 0.748. The van der Waals surface area contributed by atoms with Gasteiger partial charge in [0.2, 0.25) is 0 Å². The van der Waals surface area contributed by atoms with Gasteiger partial charge in [0.05, 0.1) is 5.41 Å². The molecule has 0 saturated carbocycles. The van der Waals surface area contributed by atoms with Gasteiger partial charge in [0.15, 0.2) is 0 Å². The van der Waals surface area contributed by atoms with Gasteiger partial charge < -0.3 is 15.7 Å². The number of carbonyl (C=O) groups is 2. The van der Waals surface area contributed by atoms with E-state index in [9.17, 15) is 9.59 Å². The van der Waals surface area contributed by atoms with Gasteiger partial charge in [-0.3, -0.25) is 4.79 Å². The molecule has 0 atom stereocenters. The minimum Gasteiger partial charge on any atom is -0.481 e. The Kier molecular flexibility index (Phi) is 3.73. The van der Waals surface area contributed by atoms with Gasteiger partial charge in [-0.25, -0.2) is 4.79 Å². The third-order valence-electron chi connectivity index (χ3n) is 2.63. The smallest absolute Gasteiger partial charge is 0.318 e. The van der Waals surface area contributed by atoms with Crippen LogP contribution in [0.3, 0.4) is 0 Å². The average Bonchev–Trinajstić information content (AvgIpc) is 2.29. The SMILES string of the molecule is CNC(=O)Nc1ccc(C(C)(C)C(=O)O)cc1. The summed E-state index contributed by atoms with van der Waals surface area (Å²) in [6.07, 6.45) is 0. The van der Waals surface area contributed by atoms with Gasteiger partial charge in [-0.1, -0.05) is 12.1 Å². The van der Waals surface area contributed by atoms with Crippen LogP contribution in [0, 0.1) is 0 Å². The van der Waals surface area contributed by atoms with E-state index >= 15 is 0 Å². The molecule has 3 N–H and O–H groups in total. The molecule has 0 unspecified atom stereocenters. The highest BCUT2D eigenvalue weighted by molar-refractivity contribution is 5.89.